The summed E-state index contributed by atoms with van der Waals surface area (Å²) in [5.74, 6) is 0. The van der Waals surface area contributed by atoms with Gasteiger partial charge in [0.25, 0.3) is 0 Å². The van der Waals surface area contributed by atoms with Crippen LogP contribution in [0.5, 0.6) is 0 Å². The van der Waals surface area contributed by atoms with E-state index >= 15 is 0 Å². The first-order chi connectivity index (χ1) is 7.98. The molecule has 0 atom stereocenters. The van der Waals surface area contributed by atoms with Crippen LogP contribution in [-0.2, 0) is 9.84 Å². The fourth-order valence-corrected chi connectivity index (χ4v) is 2.98. The van der Waals surface area contributed by atoms with E-state index in [9.17, 15) is 8.42 Å². The normalized spacial score (nSPS) is 18.4. The van der Waals surface area contributed by atoms with Gasteiger partial charge in [0, 0.05) is 32.4 Å². The molecule has 1 aromatic carbocycles. The van der Waals surface area contributed by atoms with Crippen molar-refractivity contribution in [3.8, 4) is 0 Å². The molecule has 94 valence electrons. The molecule has 0 spiro atoms. The number of hydrogen-bond donors (Lipinski definition) is 0. The van der Waals surface area contributed by atoms with Crippen molar-refractivity contribution in [3.63, 3.8) is 0 Å². The van der Waals surface area contributed by atoms with Crippen LogP contribution < -0.4 is 4.90 Å². The third kappa shape index (κ3) is 2.79. The molecule has 0 N–H and O–H groups in total. The second-order valence-electron chi connectivity index (χ2n) is 4.53. The number of piperazine rings is 1. The van der Waals surface area contributed by atoms with Gasteiger partial charge in [-0.15, -0.1) is 0 Å². The van der Waals surface area contributed by atoms with Crippen LogP contribution in [0.25, 0.3) is 0 Å². The quantitative estimate of drug-likeness (QED) is 0.784. The standard InChI is InChI=1S/C12H18N2O2S/c1-13-7-9-14(10-8-13)11-5-3-4-6-12(11)17(2,15)16/h3-6H,7-10H2,1-2H3. The van der Waals surface area contributed by atoms with Crippen LogP contribution in [0.1, 0.15) is 0 Å². The van der Waals surface area contributed by atoms with Crippen molar-refractivity contribution in [2.45, 2.75) is 4.90 Å². The van der Waals surface area contributed by atoms with Crippen molar-refractivity contribution in [2.24, 2.45) is 0 Å². The minimum Gasteiger partial charge on any atom is -0.368 e. The predicted octanol–water partition coefficient (Wildman–Crippen LogP) is 0.842. The summed E-state index contributed by atoms with van der Waals surface area (Å²) in [5.41, 5.74) is 0.836. The SMILES string of the molecule is CN1CCN(c2ccccc2S(C)(=O)=O)CC1. The second kappa shape index (κ2) is 4.66. The monoisotopic (exact) mass is 254 g/mol. The number of likely N-dealkylation sites (N-methyl/N-ethyl adjacent to an activating group) is 1. The van der Waals surface area contributed by atoms with Crippen molar-refractivity contribution >= 4 is 15.5 Å². The zero-order valence-corrected chi connectivity index (χ0v) is 11.1. The molecule has 0 radical (unpaired) electrons. The first-order valence-electron chi connectivity index (χ1n) is 5.71. The Morgan fingerprint density at radius 2 is 1.65 bits per heavy atom. The van der Waals surface area contributed by atoms with E-state index in [1.54, 1.807) is 12.1 Å². The molecule has 5 heteroatoms. The zero-order chi connectivity index (χ0) is 12.5. The molecule has 1 heterocycles. The highest BCUT2D eigenvalue weighted by atomic mass is 32.2. The highest BCUT2D eigenvalue weighted by Crippen LogP contribution is 2.25. The number of anilines is 1. The molecule has 0 bridgehead atoms. The Hall–Kier alpha value is -1.07. The van der Waals surface area contributed by atoms with Gasteiger partial charge in [0.1, 0.15) is 0 Å². The molecule has 0 saturated carbocycles. The molecule has 1 aromatic rings. The van der Waals surface area contributed by atoms with Crippen molar-refractivity contribution in [1.82, 2.24) is 4.90 Å². The van der Waals surface area contributed by atoms with E-state index in [-0.39, 0.29) is 0 Å². The highest BCUT2D eigenvalue weighted by molar-refractivity contribution is 7.90. The van der Waals surface area contributed by atoms with Gasteiger partial charge in [-0.3, -0.25) is 0 Å². The predicted molar refractivity (Wildman–Crippen MR) is 69.3 cm³/mol. The first kappa shape index (κ1) is 12.4. The lowest BCUT2D eigenvalue weighted by Gasteiger charge is -2.34. The van der Waals surface area contributed by atoms with Gasteiger partial charge in [0.2, 0.25) is 0 Å². The van der Waals surface area contributed by atoms with Crippen LogP contribution in [0, 0.1) is 0 Å². The summed E-state index contributed by atoms with van der Waals surface area (Å²) < 4.78 is 23.4. The third-order valence-electron chi connectivity index (χ3n) is 3.11. The number of nitrogens with zero attached hydrogens (tertiary/aromatic N) is 2. The Balaban J connectivity index is 2.33. The smallest absolute Gasteiger partial charge is 0.177 e. The van der Waals surface area contributed by atoms with Crippen LogP contribution in [-0.4, -0.2) is 52.8 Å². The Morgan fingerprint density at radius 1 is 1.06 bits per heavy atom. The topological polar surface area (TPSA) is 40.6 Å². The summed E-state index contributed by atoms with van der Waals surface area (Å²) in [5, 5.41) is 0. The van der Waals surface area contributed by atoms with E-state index in [2.05, 4.69) is 16.8 Å². The van der Waals surface area contributed by atoms with Gasteiger partial charge in [0.05, 0.1) is 10.6 Å². The molecular weight excluding hydrogens is 236 g/mol. The molecule has 0 aromatic heterocycles. The molecule has 1 saturated heterocycles. The molecule has 0 amide bonds. The van der Waals surface area contributed by atoms with E-state index in [1.807, 2.05) is 12.1 Å². The summed E-state index contributed by atoms with van der Waals surface area (Å²) in [4.78, 5) is 4.83. The summed E-state index contributed by atoms with van der Waals surface area (Å²) in [6.45, 7) is 3.70. The van der Waals surface area contributed by atoms with Gasteiger partial charge in [-0.05, 0) is 19.2 Å². The van der Waals surface area contributed by atoms with Gasteiger partial charge < -0.3 is 9.80 Å². The number of sulfone groups is 1. The maximum atomic E-state index is 11.7. The molecule has 4 nitrogen and oxygen atoms in total. The van der Waals surface area contributed by atoms with E-state index in [1.165, 1.54) is 6.26 Å². The molecule has 0 aliphatic carbocycles. The van der Waals surface area contributed by atoms with Crippen LogP contribution in [0.3, 0.4) is 0 Å². The van der Waals surface area contributed by atoms with Crippen LogP contribution in [0.2, 0.25) is 0 Å². The van der Waals surface area contributed by atoms with Crippen LogP contribution in [0.4, 0.5) is 5.69 Å². The lowest BCUT2D eigenvalue weighted by Crippen LogP contribution is -2.44. The Morgan fingerprint density at radius 3 is 2.24 bits per heavy atom. The lowest BCUT2D eigenvalue weighted by molar-refractivity contribution is 0.312. The van der Waals surface area contributed by atoms with E-state index in [0.29, 0.717) is 4.90 Å². The van der Waals surface area contributed by atoms with Crippen molar-refractivity contribution in [2.75, 3.05) is 44.4 Å². The summed E-state index contributed by atoms with van der Waals surface area (Å²) >= 11 is 0. The molecule has 1 aliphatic heterocycles. The average Bonchev–Trinajstić information content (AvgIpc) is 2.29. The maximum Gasteiger partial charge on any atom is 0.177 e. The maximum absolute atomic E-state index is 11.7. The summed E-state index contributed by atoms with van der Waals surface area (Å²) in [7, 11) is -1.07. The Bertz CT molecular complexity index is 491. The third-order valence-corrected chi connectivity index (χ3v) is 4.25. The van der Waals surface area contributed by atoms with E-state index < -0.39 is 9.84 Å². The largest absolute Gasteiger partial charge is 0.368 e. The van der Waals surface area contributed by atoms with Crippen molar-refractivity contribution in [1.29, 1.82) is 0 Å². The Kier molecular flexibility index (Phi) is 3.40. The van der Waals surface area contributed by atoms with Gasteiger partial charge in [-0.25, -0.2) is 8.42 Å². The van der Waals surface area contributed by atoms with Gasteiger partial charge in [-0.2, -0.15) is 0 Å². The fourth-order valence-electron chi connectivity index (χ4n) is 2.08. The molecule has 0 unspecified atom stereocenters. The van der Waals surface area contributed by atoms with Gasteiger partial charge >= 0.3 is 0 Å². The highest BCUT2D eigenvalue weighted by Gasteiger charge is 2.20. The lowest BCUT2D eigenvalue weighted by atomic mass is 10.2. The molecule has 17 heavy (non-hydrogen) atoms. The summed E-state index contributed by atoms with van der Waals surface area (Å²) in [6, 6.07) is 7.24. The van der Waals surface area contributed by atoms with E-state index in [0.717, 1.165) is 31.9 Å². The molecule has 1 aliphatic rings. The fraction of sp³-hybridized carbons (Fsp3) is 0.500. The zero-order valence-electron chi connectivity index (χ0n) is 10.3. The number of para-hydroxylation sites is 1. The Labute approximate surface area is 103 Å². The van der Waals surface area contributed by atoms with Crippen LogP contribution >= 0.6 is 0 Å². The summed E-state index contributed by atoms with van der Waals surface area (Å²) in [6.07, 6.45) is 1.27. The number of hydrogen-bond acceptors (Lipinski definition) is 4. The van der Waals surface area contributed by atoms with Crippen LogP contribution in [0.15, 0.2) is 29.2 Å². The first-order valence-corrected chi connectivity index (χ1v) is 7.60. The minimum absolute atomic E-state index is 0.435. The number of rotatable bonds is 2. The van der Waals surface area contributed by atoms with Gasteiger partial charge in [-0.1, -0.05) is 12.1 Å². The molecule has 1 fully saturated rings. The number of benzene rings is 1. The molecule has 2 rings (SSSR count). The van der Waals surface area contributed by atoms with Crippen molar-refractivity contribution < 1.29 is 8.42 Å². The van der Waals surface area contributed by atoms with Gasteiger partial charge in [0.15, 0.2) is 9.84 Å². The second-order valence-corrected chi connectivity index (χ2v) is 6.51. The minimum atomic E-state index is -3.15. The van der Waals surface area contributed by atoms with E-state index in [4.69, 9.17) is 0 Å². The van der Waals surface area contributed by atoms with Crippen molar-refractivity contribution in [3.05, 3.63) is 24.3 Å². The average molecular weight is 254 g/mol. The molecular formula is C12H18N2O2S.